The normalized spacial score (nSPS) is 10.8. The van der Waals surface area contributed by atoms with Gasteiger partial charge in [-0.3, -0.25) is 0 Å². The van der Waals surface area contributed by atoms with Gasteiger partial charge in [0, 0.05) is 5.56 Å². The van der Waals surface area contributed by atoms with Crippen molar-refractivity contribution in [3.05, 3.63) is 35.3 Å². The molecule has 0 N–H and O–H groups in total. The minimum atomic E-state index is 0.118. The van der Waals surface area contributed by atoms with Crippen LogP contribution in [0.15, 0.2) is 18.2 Å². The van der Waals surface area contributed by atoms with Crippen molar-refractivity contribution in [2.75, 3.05) is 14.2 Å². The van der Waals surface area contributed by atoms with Crippen molar-refractivity contribution < 1.29 is 9.47 Å². The predicted molar refractivity (Wildman–Crippen MR) is 93.5 cm³/mol. The summed E-state index contributed by atoms with van der Waals surface area (Å²) >= 11 is 0. The Bertz CT molecular complexity index is 777. The number of nitriles is 1. The molecule has 0 aliphatic heterocycles. The lowest BCUT2D eigenvalue weighted by Gasteiger charge is -2.17. The van der Waals surface area contributed by atoms with Gasteiger partial charge in [0.2, 0.25) is 0 Å². The predicted octanol–water partition coefficient (Wildman–Crippen LogP) is 4.28. The van der Waals surface area contributed by atoms with Crippen LogP contribution in [0, 0.1) is 11.3 Å². The van der Waals surface area contributed by atoms with Crippen LogP contribution in [-0.4, -0.2) is 24.2 Å². The molecule has 126 valence electrons. The Morgan fingerprint density at radius 3 is 2.04 bits per heavy atom. The average molecular weight is 325 g/mol. The summed E-state index contributed by atoms with van der Waals surface area (Å²) in [6, 6.07) is 7.86. The highest BCUT2D eigenvalue weighted by Gasteiger charge is 2.20. The summed E-state index contributed by atoms with van der Waals surface area (Å²) < 4.78 is 10.7. The SMILES string of the molecule is COc1ccc(-c2nc(C(C)C)c(C#N)nc2C(C)C)cc1OC. The van der Waals surface area contributed by atoms with E-state index in [1.807, 2.05) is 45.9 Å². The molecular formula is C19H23N3O2. The van der Waals surface area contributed by atoms with Gasteiger partial charge < -0.3 is 9.47 Å². The van der Waals surface area contributed by atoms with Crippen molar-refractivity contribution in [1.82, 2.24) is 9.97 Å². The number of methoxy groups -OCH3 is 2. The summed E-state index contributed by atoms with van der Waals surface area (Å²) in [5.74, 6) is 1.57. The summed E-state index contributed by atoms with van der Waals surface area (Å²) in [6.45, 7) is 8.12. The molecule has 2 rings (SSSR count). The Labute approximate surface area is 143 Å². The first-order valence-corrected chi connectivity index (χ1v) is 7.97. The second kappa shape index (κ2) is 7.31. The maximum absolute atomic E-state index is 9.40. The molecule has 24 heavy (non-hydrogen) atoms. The summed E-state index contributed by atoms with van der Waals surface area (Å²) in [6.07, 6.45) is 0. The van der Waals surface area contributed by atoms with Gasteiger partial charge in [0.25, 0.3) is 0 Å². The summed E-state index contributed by atoms with van der Waals surface area (Å²) in [7, 11) is 3.21. The fraction of sp³-hybridized carbons (Fsp3) is 0.421. The molecule has 0 aliphatic carbocycles. The average Bonchev–Trinajstić information content (AvgIpc) is 2.59. The Hall–Kier alpha value is -2.61. The van der Waals surface area contributed by atoms with Gasteiger partial charge in [-0.15, -0.1) is 0 Å². The molecule has 0 saturated heterocycles. The highest BCUT2D eigenvalue weighted by molar-refractivity contribution is 5.67. The third-order valence-electron chi connectivity index (χ3n) is 3.81. The molecule has 0 spiro atoms. The van der Waals surface area contributed by atoms with Gasteiger partial charge in [0.15, 0.2) is 17.2 Å². The van der Waals surface area contributed by atoms with Crippen molar-refractivity contribution in [2.24, 2.45) is 0 Å². The summed E-state index contributed by atoms with van der Waals surface area (Å²) in [4.78, 5) is 9.37. The number of nitrogens with zero attached hydrogens (tertiary/aromatic N) is 3. The first-order chi connectivity index (χ1) is 11.4. The summed E-state index contributed by atoms with van der Waals surface area (Å²) in [5, 5.41) is 9.40. The smallest absolute Gasteiger partial charge is 0.162 e. The number of ether oxygens (including phenoxy) is 2. The topological polar surface area (TPSA) is 68.0 Å². The standard InChI is InChI=1S/C19H23N3O2/c1-11(2)17-14(10-20)21-18(12(3)4)19(22-17)13-7-8-15(23-5)16(9-13)24-6/h7-9,11-12H,1-6H3. The van der Waals surface area contributed by atoms with Gasteiger partial charge in [0.05, 0.1) is 31.3 Å². The van der Waals surface area contributed by atoms with Crippen molar-refractivity contribution in [1.29, 1.82) is 5.26 Å². The largest absolute Gasteiger partial charge is 0.493 e. The molecule has 0 fully saturated rings. The summed E-state index contributed by atoms with van der Waals surface area (Å²) in [5.41, 5.74) is 3.61. The molecule has 0 atom stereocenters. The number of hydrogen-bond donors (Lipinski definition) is 0. The zero-order chi connectivity index (χ0) is 17.9. The lowest BCUT2D eigenvalue weighted by atomic mass is 9.99. The molecule has 0 aliphatic rings. The quantitative estimate of drug-likeness (QED) is 0.820. The molecule has 0 amide bonds. The third kappa shape index (κ3) is 3.33. The van der Waals surface area contributed by atoms with Crippen LogP contribution in [0.3, 0.4) is 0 Å². The van der Waals surface area contributed by atoms with E-state index in [1.165, 1.54) is 0 Å². The van der Waals surface area contributed by atoms with E-state index in [0.29, 0.717) is 22.9 Å². The van der Waals surface area contributed by atoms with Crippen LogP contribution in [0.5, 0.6) is 11.5 Å². The van der Waals surface area contributed by atoms with E-state index in [1.54, 1.807) is 14.2 Å². The fourth-order valence-electron chi connectivity index (χ4n) is 2.54. The molecule has 0 bridgehead atoms. The van der Waals surface area contributed by atoms with E-state index >= 15 is 0 Å². The maximum atomic E-state index is 9.40. The van der Waals surface area contributed by atoms with Crippen LogP contribution in [0.2, 0.25) is 0 Å². The van der Waals surface area contributed by atoms with Gasteiger partial charge in [-0.1, -0.05) is 27.7 Å². The molecule has 5 nitrogen and oxygen atoms in total. The molecule has 0 saturated carbocycles. The minimum Gasteiger partial charge on any atom is -0.493 e. The first kappa shape index (κ1) is 17.7. The van der Waals surface area contributed by atoms with Crippen LogP contribution in [0.1, 0.15) is 56.6 Å². The zero-order valence-electron chi connectivity index (χ0n) is 15.0. The number of hydrogen-bond acceptors (Lipinski definition) is 5. The fourth-order valence-corrected chi connectivity index (χ4v) is 2.54. The van der Waals surface area contributed by atoms with Gasteiger partial charge in [-0.05, 0) is 30.0 Å². The molecule has 5 heteroatoms. The number of benzene rings is 1. The Balaban J connectivity index is 2.73. The minimum absolute atomic E-state index is 0.118. The highest BCUT2D eigenvalue weighted by Crippen LogP contribution is 2.35. The van der Waals surface area contributed by atoms with Crippen LogP contribution in [0.4, 0.5) is 0 Å². The molecule has 1 heterocycles. The second-order valence-electron chi connectivity index (χ2n) is 6.18. The molecule has 0 unspecified atom stereocenters. The van der Waals surface area contributed by atoms with Gasteiger partial charge in [0.1, 0.15) is 6.07 Å². The van der Waals surface area contributed by atoms with E-state index < -0.39 is 0 Å². The lowest BCUT2D eigenvalue weighted by molar-refractivity contribution is 0.355. The van der Waals surface area contributed by atoms with Crippen LogP contribution >= 0.6 is 0 Å². The molecule has 2 aromatic rings. The second-order valence-corrected chi connectivity index (χ2v) is 6.18. The molecular weight excluding hydrogens is 302 g/mol. The molecule has 1 aromatic carbocycles. The number of aromatic nitrogens is 2. The van der Waals surface area contributed by atoms with Crippen molar-refractivity contribution in [3.63, 3.8) is 0 Å². The zero-order valence-corrected chi connectivity index (χ0v) is 15.0. The Kier molecular flexibility index (Phi) is 5.40. The maximum Gasteiger partial charge on any atom is 0.162 e. The van der Waals surface area contributed by atoms with Gasteiger partial charge in [-0.25, -0.2) is 9.97 Å². The monoisotopic (exact) mass is 325 g/mol. The number of rotatable bonds is 5. The highest BCUT2D eigenvalue weighted by atomic mass is 16.5. The van der Waals surface area contributed by atoms with Crippen LogP contribution < -0.4 is 9.47 Å². The van der Waals surface area contributed by atoms with Crippen molar-refractivity contribution in [2.45, 2.75) is 39.5 Å². The van der Waals surface area contributed by atoms with Crippen LogP contribution in [0.25, 0.3) is 11.3 Å². The van der Waals surface area contributed by atoms with E-state index in [2.05, 4.69) is 11.1 Å². The van der Waals surface area contributed by atoms with E-state index in [9.17, 15) is 5.26 Å². The van der Waals surface area contributed by atoms with E-state index in [0.717, 1.165) is 17.0 Å². The Morgan fingerprint density at radius 1 is 0.917 bits per heavy atom. The molecule has 0 radical (unpaired) electrons. The van der Waals surface area contributed by atoms with E-state index in [4.69, 9.17) is 14.5 Å². The third-order valence-corrected chi connectivity index (χ3v) is 3.81. The van der Waals surface area contributed by atoms with Crippen molar-refractivity contribution in [3.8, 4) is 28.8 Å². The molecule has 1 aromatic heterocycles. The van der Waals surface area contributed by atoms with Crippen molar-refractivity contribution >= 4 is 0 Å². The van der Waals surface area contributed by atoms with Crippen LogP contribution in [-0.2, 0) is 0 Å². The first-order valence-electron chi connectivity index (χ1n) is 7.97. The van der Waals surface area contributed by atoms with Gasteiger partial charge >= 0.3 is 0 Å². The van der Waals surface area contributed by atoms with Gasteiger partial charge in [-0.2, -0.15) is 5.26 Å². The van der Waals surface area contributed by atoms with E-state index in [-0.39, 0.29) is 11.8 Å². The lowest BCUT2D eigenvalue weighted by Crippen LogP contribution is -2.08. The Morgan fingerprint density at radius 2 is 1.54 bits per heavy atom.